The van der Waals surface area contributed by atoms with Crippen LogP contribution in [0, 0.1) is 5.92 Å². The maximum atomic E-state index is 13.0. The first-order valence-corrected chi connectivity index (χ1v) is 10.5. The molecule has 31 heavy (non-hydrogen) atoms. The lowest BCUT2D eigenvalue weighted by molar-refractivity contribution is -0.117. The van der Waals surface area contributed by atoms with E-state index in [0.29, 0.717) is 31.0 Å². The fourth-order valence-electron chi connectivity index (χ4n) is 3.38. The zero-order valence-electron chi connectivity index (χ0n) is 17.5. The highest BCUT2D eigenvalue weighted by atomic mass is 16.5. The van der Waals surface area contributed by atoms with E-state index < -0.39 is 0 Å². The lowest BCUT2D eigenvalue weighted by Crippen LogP contribution is -2.25. The minimum Gasteiger partial charge on any atom is -0.491 e. The van der Waals surface area contributed by atoms with E-state index in [2.05, 4.69) is 10.6 Å². The van der Waals surface area contributed by atoms with Crippen molar-refractivity contribution in [1.82, 2.24) is 5.32 Å². The lowest BCUT2D eigenvalue weighted by atomic mass is 10.0. The van der Waals surface area contributed by atoms with Gasteiger partial charge in [-0.3, -0.25) is 9.59 Å². The molecule has 0 saturated heterocycles. The average molecular weight is 418 g/mol. The molecule has 0 aromatic heterocycles. The highest BCUT2D eigenvalue weighted by Gasteiger charge is 2.30. The van der Waals surface area contributed by atoms with Gasteiger partial charge in [-0.05, 0) is 53.4 Å². The Labute approximate surface area is 181 Å². The summed E-state index contributed by atoms with van der Waals surface area (Å²) >= 11 is 0. The monoisotopic (exact) mass is 418 g/mol. The molecule has 1 fully saturated rings. The number of rotatable bonds is 9. The van der Waals surface area contributed by atoms with Gasteiger partial charge in [-0.25, -0.2) is 0 Å². The molecule has 0 bridgehead atoms. The van der Waals surface area contributed by atoms with Crippen LogP contribution >= 0.6 is 0 Å². The van der Waals surface area contributed by atoms with Crippen molar-refractivity contribution in [2.24, 2.45) is 5.92 Å². The molecule has 1 aliphatic rings. The van der Waals surface area contributed by atoms with Gasteiger partial charge < -0.3 is 20.1 Å². The highest BCUT2D eigenvalue weighted by Crippen LogP contribution is 2.32. The number of hydrogen-bond donors (Lipinski definition) is 2. The first kappa shape index (κ1) is 20.9. The third kappa shape index (κ3) is 5.41. The first-order chi connectivity index (χ1) is 15.1. The Bertz CT molecular complexity index is 1090. The molecule has 160 valence electrons. The zero-order valence-corrected chi connectivity index (χ0v) is 17.5. The maximum absolute atomic E-state index is 13.0. The van der Waals surface area contributed by atoms with Crippen molar-refractivity contribution in [1.29, 1.82) is 0 Å². The van der Waals surface area contributed by atoms with Gasteiger partial charge in [0.1, 0.15) is 12.4 Å². The molecule has 0 atom stereocenters. The van der Waals surface area contributed by atoms with Gasteiger partial charge in [-0.15, -0.1) is 0 Å². The number of hydrogen-bond acceptors (Lipinski definition) is 4. The topological polar surface area (TPSA) is 76.7 Å². The summed E-state index contributed by atoms with van der Waals surface area (Å²) in [7, 11) is 1.63. The summed E-state index contributed by atoms with van der Waals surface area (Å²) < 4.78 is 10.6. The molecule has 6 nitrogen and oxygen atoms in total. The van der Waals surface area contributed by atoms with Gasteiger partial charge in [0.05, 0.1) is 17.9 Å². The van der Waals surface area contributed by atoms with Crippen molar-refractivity contribution < 1.29 is 19.1 Å². The van der Waals surface area contributed by atoms with Gasteiger partial charge in [0.25, 0.3) is 5.91 Å². The van der Waals surface area contributed by atoms with Crippen LogP contribution in [0.4, 0.5) is 5.69 Å². The van der Waals surface area contributed by atoms with Gasteiger partial charge in [0, 0.05) is 19.6 Å². The number of carbonyl (C=O) groups excluding carboxylic acids is 2. The van der Waals surface area contributed by atoms with Crippen molar-refractivity contribution in [2.75, 3.05) is 25.6 Å². The first-order valence-electron chi connectivity index (χ1n) is 10.5. The Morgan fingerprint density at radius 3 is 2.48 bits per heavy atom. The Morgan fingerprint density at radius 2 is 1.74 bits per heavy atom. The second-order valence-electron chi connectivity index (χ2n) is 7.68. The van der Waals surface area contributed by atoms with Crippen molar-refractivity contribution in [3.05, 3.63) is 71.8 Å². The van der Waals surface area contributed by atoms with E-state index in [-0.39, 0.29) is 17.7 Å². The van der Waals surface area contributed by atoms with Crippen molar-refractivity contribution in [3.63, 3.8) is 0 Å². The van der Waals surface area contributed by atoms with Gasteiger partial charge in [-0.1, -0.05) is 36.4 Å². The highest BCUT2D eigenvalue weighted by molar-refractivity contribution is 6.08. The van der Waals surface area contributed by atoms with Crippen LogP contribution in [0.3, 0.4) is 0 Å². The number of amides is 2. The molecule has 1 saturated carbocycles. The molecule has 2 amide bonds. The smallest absolute Gasteiger partial charge is 0.253 e. The lowest BCUT2D eigenvalue weighted by Gasteiger charge is -2.14. The minimum atomic E-state index is -0.234. The third-order valence-electron chi connectivity index (χ3n) is 5.24. The fourth-order valence-corrected chi connectivity index (χ4v) is 3.38. The number of anilines is 1. The van der Waals surface area contributed by atoms with Crippen LogP contribution in [-0.2, 0) is 16.1 Å². The van der Waals surface area contributed by atoms with Crippen LogP contribution in [0.25, 0.3) is 10.8 Å². The quantitative estimate of drug-likeness (QED) is 0.512. The maximum Gasteiger partial charge on any atom is 0.253 e. The molecule has 4 rings (SSSR count). The number of benzene rings is 3. The number of methoxy groups -OCH3 is 1. The van der Waals surface area contributed by atoms with E-state index in [4.69, 9.17) is 9.47 Å². The van der Waals surface area contributed by atoms with Crippen LogP contribution in [0.5, 0.6) is 5.75 Å². The van der Waals surface area contributed by atoms with Crippen LogP contribution in [0.15, 0.2) is 60.7 Å². The molecule has 0 aliphatic heterocycles. The molecular weight excluding hydrogens is 392 g/mol. The minimum absolute atomic E-state index is 0.0229. The van der Waals surface area contributed by atoms with Crippen LogP contribution in [0.2, 0.25) is 0 Å². The average Bonchev–Trinajstić information content (AvgIpc) is 3.63. The summed E-state index contributed by atoms with van der Waals surface area (Å²) in [6, 6.07) is 19.1. The van der Waals surface area contributed by atoms with Crippen LogP contribution in [0.1, 0.15) is 28.8 Å². The number of ether oxygens (including phenoxy) is 2. The zero-order chi connectivity index (χ0) is 21.6. The van der Waals surface area contributed by atoms with E-state index >= 15 is 0 Å². The second-order valence-corrected chi connectivity index (χ2v) is 7.68. The fraction of sp³-hybridized carbons (Fsp3) is 0.280. The predicted molar refractivity (Wildman–Crippen MR) is 120 cm³/mol. The van der Waals surface area contributed by atoms with Crippen molar-refractivity contribution in [2.45, 2.75) is 19.4 Å². The Kier molecular flexibility index (Phi) is 6.48. The van der Waals surface area contributed by atoms with Crippen molar-refractivity contribution >= 4 is 28.3 Å². The number of nitrogens with one attached hydrogen (secondary N) is 2. The molecule has 6 heteroatoms. The Hall–Kier alpha value is -3.38. The van der Waals surface area contributed by atoms with Gasteiger partial charge >= 0.3 is 0 Å². The summed E-state index contributed by atoms with van der Waals surface area (Å²) in [4.78, 5) is 25.4. The summed E-state index contributed by atoms with van der Waals surface area (Å²) in [5.41, 5.74) is 1.93. The van der Waals surface area contributed by atoms with E-state index in [1.807, 2.05) is 60.7 Å². The molecule has 0 unspecified atom stereocenters. The Balaban J connectivity index is 1.50. The van der Waals surface area contributed by atoms with E-state index in [9.17, 15) is 9.59 Å². The van der Waals surface area contributed by atoms with Gasteiger partial charge in [0.2, 0.25) is 5.91 Å². The van der Waals surface area contributed by atoms with E-state index in [1.54, 1.807) is 7.11 Å². The van der Waals surface area contributed by atoms with Crippen LogP contribution < -0.4 is 15.4 Å². The van der Waals surface area contributed by atoms with Gasteiger partial charge in [-0.2, -0.15) is 0 Å². The molecule has 1 aliphatic carbocycles. The standard InChI is InChI=1S/C25H26N2O4/c1-30-11-12-31-21-8-4-5-17(13-21)16-26-25(29)22-14-19-6-2-3-7-20(19)15-23(22)27-24(28)18-9-10-18/h2-8,13-15,18H,9-12,16H2,1H3,(H,26,29)(H,27,28). The van der Waals surface area contributed by atoms with E-state index in [0.717, 1.165) is 34.9 Å². The van der Waals surface area contributed by atoms with Crippen LogP contribution in [-0.4, -0.2) is 32.1 Å². The molecule has 0 radical (unpaired) electrons. The van der Waals surface area contributed by atoms with Gasteiger partial charge in [0.15, 0.2) is 0 Å². The predicted octanol–water partition coefficient (Wildman–Crippen LogP) is 4.14. The normalized spacial score (nSPS) is 13.1. The molecule has 2 N–H and O–H groups in total. The molecule has 3 aromatic carbocycles. The number of fused-ring (bicyclic) bond motifs is 1. The number of carbonyl (C=O) groups is 2. The molecule has 3 aromatic rings. The molecule has 0 spiro atoms. The largest absolute Gasteiger partial charge is 0.491 e. The van der Waals surface area contributed by atoms with E-state index in [1.165, 1.54) is 0 Å². The molecule has 0 heterocycles. The third-order valence-corrected chi connectivity index (χ3v) is 5.24. The summed E-state index contributed by atoms with van der Waals surface area (Å²) in [5, 5.41) is 7.84. The summed E-state index contributed by atoms with van der Waals surface area (Å²) in [5.74, 6) is 0.530. The summed E-state index contributed by atoms with van der Waals surface area (Å²) in [6.07, 6.45) is 1.81. The molecular formula is C25H26N2O4. The SMILES string of the molecule is COCCOc1cccc(CNC(=O)c2cc3ccccc3cc2NC(=O)C2CC2)c1. The summed E-state index contributed by atoms with van der Waals surface area (Å²) in [6.45, 7) is 1.33. The Morgan fingerprint density at radius 1 is 0.968 bits per heavy atom. The van der Waals surface area contributed by atoms with Crippen molar-refractivity contribution in [3.8, 4) is 5.75 Å². The second kappa shape index (κ2) is 9.62.